The summed E-state index contributed by atoms with van der Waals surface area (Å²) in [7, 11) is 0. The Morgan fingerprint density at radius 2 is 1.88 bits per heavy atom. The van der Waals surface area contributed by atoms with Crippen LogP contribution in [-0.4, -0.2) is 41.1 Å². The lowest BCUT2D eigenvalue weighted by atomic mass is 9.94. The van der Waals surface area contributed by atoms with Gasteiger partial charge in [-0.25, -0.2) is 4.98 Å². The van der Waals surface area contributed by atoms with Crippen molar-refractivity contribution in [3.05, 3.63) is 82.9 Å². The first-order chi connectivity index (χ1) is 20.9. The van der Waals surface area contributed by atoms with Gasteiger partial charge in [-0.15, -0.1) is 0 Å². The number of carbonyl (C=O) groups is 2. The standard InChI is InChI=1S/C34H34N2O6S/c1-4-6-7-15-41-24-10-8-9-21(18-24)30-29(31(37)22-11-14-27-23(17-22)16-20(3)42-27)32(38)33(39)36(30)34-35-26-13-12-25(40-5-2)19-28(26)43-34/h8-14,17-20,30,37H,4-7,15-16H2,1-3H3/b31-29-. The van der Waals surface area contributed by atoms with E-state index in [0.717, 1.165) is 35.3 Å². The maximum atomic E-state index is 13.8. The predicted molar refractivity (Wildman–Crippen MR) is 167 cm³/mol. The van der Waals surface area contributed by atoms with E-state index in [9.17, 15) is 14.7 Å². The minimum Gasteiger partial charge on any atom is -0.507 e. The summed E-state index contributed by atoms with van der Waals surface area (Å²) in [6.07, 6.45) is 3.80. The lowest BCUT2D eigenvalue weighted by Gasteiger charge is -2.23. The highest BCUT2D eigenvalue weighted by Gasteiger charge is 2.48. The molecule has 3 heterocycles. The van der Waals surface area contributed by atoms with E-state index in [0.29, 0.717) is 52.9 Å². The van der Waals surface area contributed by atoms with E-state index in [4.69, 9.17) is 19.2 Å². The van der Waals surface area contributed by atoms with Crippen LogP contribution in [0.1, 0.15) is 62.8 Å². The van der Waals surface area contributed by atoms with Crippen LogP contribution in [-0.2, 0) is 16.0 Å². The summed E-state index contributed by atoms with van der Waals surface area (Å²) in [6.45, 7) is 7.12. The van der Waals surface area contributed by atoms with E-state index in [1.807, 2.05) is 62.4 Å². The maximum absolute atomic E-state index is 13.8. The van der Waals surface area contributed by atoms with Crippen molar-refractivity contribution < 1.29 is 28.9 Å². The van der Waals surface area contributed by atoms with E-state index < -0.39 is 17.7 Å². The molecule has 1 N–H and O–H groups in total. The number of aliphatic hydroxyl groups excluding tert-OH is 1. The van der Waals surface area contributed by atoms with Gasteiger partial charge in [-0.2, -0.15) is 0 Å². The number of rotatable bonds is 10. The number of ether oxygens (including phenoxy) is 3. The van der Waals surface area contributed by atoms with E-state index in [2.05, 4.69) is 6.92 Å². The number of nitrogens with zero attached hydrogens (tertiary/aromatic N) is 2. The Morgan fingerprint density at radius 1 is 1.05 bits per heavy atom. The van der Waals surface area contributed by atoms with Crippen molar-refractivity contribution in [2.75, 3.05) is 18.1 Å². The number of aromatic nitrogens is 1. The number of Topliss-reactive ketones (excluding diaryl/α,β-unsaturated/α-hetero) is 1. The highest BCUT2D eigenvalue weighted by atomic mass is 32.1. The molecule has 1 saturated heterocycles. The molecule has 8 nitrogen and oxygen atoms in total. The average molecular weight is 599 g/mol. The third kappa shape index (κ3) is 5.57. The molecule has 1 aromatic heterocycles. The Labute approximate surface area is 254 Å². The summed E-state index contributed by atoms with van der Waals surface area (Å²) in [6, 6.07) is 17.4. The molecule has 2 aliphatic heterocycles. The van der Waals surface area contributed by atoms with Crippen LogP contribution < -0.4 is 19.1 Å². The van der Waals surface area contributed by atoms with Gasteiger partial charge in [-0.05, 0) is 79.9 Å². The number of unbranched alkanes of at least 4 members (excludes halogenated alkanes) is 2. The molecule has 9 heteroatoms. The number of ketones is 1. The van der Waals surface area contributed by atoms with Crippen LogP contribution in [0.3, 0.4) is 0 Å². The van der Waals surface area contributed by atoms with Gasteiger partial charge in [0.25, 0.3) is 5.78 Å². The normalized spacial score (nSPS) is 19.1. The topological polar surface area (TPSA) is 98.2 Å². The van der Waals surface area contributed by atoms with Crippen molar-refractivity contribution in [1.82, 2.24) is 4.98 Å². The van der Waals surface area contributed by atoms with Gasteiger partial charge < -0.3 is 19.3 Å². The molecule has 2 aliphatic rings. The molecule has 0 spiro atoms. The number of thiazole rings is 1. The number of amides is 1. The van der Waals surface area contributed by atoms with Gasteiger partial charge in [-0.1, -0.05) is 43.2 Å². The van der Waals surface area contributed by atoms with E-state index in [1.54, 1.807) is 12.1 Å². The van der Waals surface area contributed by atoms with Crippen LogP contribution in [0, 0.1) is 0 Å². The molecular formula is C34H34N2O6S. The van der Waals surface area contributed by atoms with Crippen LogP contribution in [0.25, 0.3) is 16.0 Å². The summed E-state index contributed by atoms with van der Waals surface area (Å²) in [5.41, 5.74) is 2.73. The Hall–Kier alpha value is -4.37. The number of fused-ring (bicyclic) bond motifs is 2. The zero-order valence-corrected chi connectivity index (χ0v) is 25.3. The number of hydrogen-bond donors (Lipinski definition) is 1. The molecule has 6 rings (SSSR count). The average Bonchev–Trinajstić information content (AvgIpc) is 3.67. The van der Waals surface area contributed by atoms with Crippen LogP contribution >= 0.6 is 11.3 Å². The lowest BCUT2D eigenvalue weighted by Crippen LogP contribution is -2.29. The maximum Gasteiger partial charge on any atom is 0.301 e. The Balaban J connectivity index is 1.46. The fourth-order valence-corrected chi connectivity index (χ4v) is 6.66. The van der Waals surface area contributed by atoms with Crippen LogP contribution in [0.4, 0.5) is 5.13 Å². The van der Waals surface area contributed by atoms with Gasteiger partial charge in [0.15, 0.2) is 5.13 Å². The second kappa shape index (κ2) is 12.1. The summed E-state index contributed by atoms with van der Waals surface area (Å²) >= 11 is 1.30. The second-order valence-electron chi connectivity index (χ2n) is 10.8. The molecule has 222 valence electrons. The molecule has 3 aromatic carbocycles. The first kappa shape index (κ1) is 28.7. The van der Waals surface area contributed by atoms with E-state index >= 15 is 0 Å². The monoisotopic (exact) mass is 598 g/mol. The van der Waals surface area contributed by atoms with Gasteiger partial charge >= 0.3 is 5.91 Å². The number of benzene rings is 3. The van der Waals surface area contributed by atoms with Gasteiger partial charge in [0.2, 0.25) is 0 Å². The van der Waals surface area contributed by atoms with Crippen molar-refractivity contribution in [3.8, 4) is 17.2 Å². The number of anilines is 1. The lowest BCUT2D eigenvalue weighted by molar-refractivity contribution is -0.132. The van der Waals surface area contributed by atoms with Crippen molar-refractivity contribution in [2.24, 2.45) is 0 Å². The first-order valence-electron chi connectivity index (χ1n) is 14.7. The van der Waals surface area contributed by atoms with Crippen molar-refractivity contribution >= 4 is 44.1 Å². The van der Waals surface area contributed by atoms with Gasteiger partial charge in [0.1, 0.15) is 29.1 Å². The minimum absolute atomic E-state index is 0.00862. The van der Waals surface area contributed by atoms with Crippen LogP contribution in [0.5, 0.6) is 17.2 Å². The van der Waals surface area contributed by atoms with Crippen LogP contribution in [0.2, 0.25) is 0 Å². The highest BCUT2D eigenvalue weighted by molar-refractivity contribution is 7.22. The SMILES string of the molecule is CCCCCOc1cccc(C2/C(=C(/O)c3ccc4c(c3)CC(C)O4)C(=O)C(=O)N2c2nc3ccc(OCC)cc3s2)c1. The Bertz CT molecular complexity index is 1730. The molecule has 2 unspecified atom stereocenters. The summed E-state index contributed by atoms with van der Waals surface area (Å²) < 4.78 is 18.3. The molecule has 4 aromatic rings. The molecule has 1 amide bonds. The summed E-state index contributed by atoms with van der Waals surface area (Å²) in [5, 5.41) is 12.0. The number of aliphatic hydroxyl groups is 1. The zero-order chi connectivity index (χ0) is 30.1. The van der Waals surface area contributed by atoms with Crippen molar-refractivity contribution in [3.63, 3.8) is 0 Å². The zero-order valence-electron chi connectivity index (χ0n) is 24.5. The Morgan fingerprint density at radius 3 is 2.70 bits per heavy atom. The summed E-state index contributed by atoms with van der Waals surface area (Å²) in [4.78, 5) is 33.6. The summed E-state index contributed by atoms with van der Waals surface area (Å²) in [5.74, 6) is 0.344. The Kier molecular flexibility index (Phi) is 8.08. The van der Waals surface area contributed by atoms with E-state index in [1.165, 1.54) is 16.2 Å². The van der Waals surface area contributed by atoms with Crippen molar-refractivity contribution in [2.45, 2.75) is 58.6 Å². The smallest absolute Gasteiger partial charge is 0.301 e. The van der Waals surface area contributed by atoms with Crippen LogP contribution in [0.15, 0.2) is 66.2 Å². The molecule has 0 radical (unpaired) electrons. The first-order valence-corrected chi connectivity index (χ1v) is 15.6. The molecule has 0 saturated carbocycles. The predicted octanol–water partition coefficient (Wildman–Crippen LogP) is 7.21. The molecule has 1 fully saturated rings. The third-order valence-corrected chi connectivity index (χ3v) is 8.69. The van der Waals surface area contributed by atoms with E-state index in [-0.39, 0.29) is 17.4 Å². The third-order valence-electron chi connectivity index (χ3n) is 7.67. The molecule has 0 bridgehead atoms. The molecule has 43 heavy (non-hydrogen) atoms. The molecule has 2 atom stereocenters. The van der Waals surface area contributed by atoms with Gasteiger partial charge in [0, 0.05) is 12.0 Å². The van der Waals surface area contributed by atoms with Crippen molar-refractivity contribution in [1.29, 1.82) is 0 Å². The molecule has 0 aliphatic carbocycles. The quantitative estimate of drug-likeness (QED) is 0.0891. The minimum atomic E-state index is -0.908. The van der Waals surface area contributed by atoms with Gasteiger partial charge in [-0.3, -0.25) is 14.5 Å². The largest absolute Gasteiger partial charge is 0.507 e. The second-order valence-corrected chi connectivity index (χ2v) is 11.8. The fourth-order valence-electron chi connectivity index (χ4n) is 5.64. The van der Waals surface area contributed by atoms with Gasteiger partial charge in [0.05, 0.1) is 35.0 Å². The molecular weight excluding hydrogens is 564 g/mol. The fraction of sp³-hybridized carbons (Fsp3) is 0.324. The highest BCUT2D eigenvalue weighted by Crippen LogP contribution is 2.45. The number of hydrogen-bond acceptors (Lipinski definition) is 8. The number of carbonyl (C=O) groups excluding carboxylic acids is 2.